The molecule has 2 aromatic rings. The Labute approximate surface area is 196 Å². The first kappa shape index (κ1) is 24.5. The molecule has 0 aliphatic carbocycles. The van der Waals surface area contributed by atoms with Gasteiger partial charge in [-0.2, -0.15) is 0 Å². The summed E-state index contributed by atoms with van der Waals surface area (Å²) in [5.41, 5.74) is 1.84. The predicted molar refractivity (Wildman–Crippen MR) is 130 cm³/mol. The van der Waals surface area contributed by atoms with Crippen molar-refractivity contribution >= 4 is 23.4 Å². The fraction of sp³-hybridized carbons (Fsp3) is 0.444. The Bertz CT molecular complexity index is 904. The minimum Gasteiger partial charge on any atom is -0.494 e. The van der Waals surface area contributed by atoms with Crippen molar-refractivity contribution in [2.75, 3.05) is 18.5 Å². The molecule has 0 saturated heterocycles. The van der Waals surface area contributed by atoms with Crippen LogP contribution >= 0.6 is 0 Å². The van der Waals surface area contributed by atoms with Crippen LogP contribution in [-0.4, -0.2) is 35.8 Å². The number of carbonyl (C=O) groups excluding carboxylic acids is 3. The quantitative estimate of drug-likeness (QED) is 0.290. The highest BCUT2D eigenvalue weighted by Crippen LogP contribution is 2.23. The number of ether oxygens (including phenoxy) is 1. The summed E-state index contributed by atoms with van der Waals surface area (Å²) >= 11 is 0. The Morgan fingerprint density at radius 1 is 0.788 bits per heavy atom. The predicted octanol–water partition coefficient (Wildman–Crippen LogP) is 5.83. The number of imide groups is 1. The molecule has 0 aromatic heterocycles. The highest BCUT2D eigenvalue weighted by atomic mass is 16.5. The Hall–Kier alpha value is -3.15. The van der Waals surface area contributed by atoms with Gasteiger partial charge in [-0.25, -0.2) is 0 Å². The van der Waals surface area contributed by atoms with Gasteiger partial charge in [0.25, 0.3) is 11.8 Å². The molecule has 0 radical (unpaired) electrons. The van der Waals surface area contributed by atoms with Gasteiger partial charge < -0.3 is 10.1 Å². The fourth-order valence-corrected chi connectivity index (χ4v) is 4.08. The largest absolute Gasteiger partial charge is 0.494 e. The van der Waals surface area contributed by atoms with Crippen molar-refractivity contribution in [3.63, 3.8) is 0 Å². The third-order valence-electron chi connectivity index (χ3n) is 5.86. The number of nitrogens with one attached hydrogen (secondary N) is 1. The maximum atomic E-state index is 12.3. The van der Waals surface area contributed by atoms with E-state index in [-0.39, 0.29) is 17.7 Å². The van der Waals surface area contributed by atoms with E-state index in [0.29, 0.717) is 30.7 Å². The Balaban J connectivity index is 1.18. The van der Waals surface area contributed by atoms with Crippen LogP contribution in [0.15, 0.2) is 48.5 Å². The number of rotatable bonds is 14. The lowest BCUT2D eigenvalue weighted by molar-refractivity contribution is -0.116. The topological polar surface area (TPSA) is 75.7 Å². The second-order valence-electron chi connectivity index (χ2n) is 8.39. The van der Waals surface area contributed by atoms with E-state index in [2.05, 4.69) is 5.32 Å². The average Bonchev–Trinajstić information content (AvgIpc) is 3.06. The van der Waals surface area contributed by atoms with Gasteiger partial charge >= 0.3 is 0 Å². The molecule has 1 aliphatic rings. The SMILES string of the molecule is CCOc1ccc(NC(=O)CCCCCCCCCCN2C(=O)c3ccccc3C2=O)cc1. The van der Waals surface area contributed by atoms with E-state index < -0.39 is 0 Å². The Morgan fingerprint density at radius 2 is 1.33 bits per heavy atom. The standard InChI is InChI=1S/C27H34N2O4/c1-2-33-22-18-16-21(17-19-22)28-25(30)15-9-7-5-3-4-6-8-12-20-29-26(31)23-13-10-11-14-24(23)27(29)32/h10-11,13-14,16-19H,2-9,12,15,20H2,1H3,(H,28,30). The Kier molecular flexibility index (Phi) is 9.48. The minimum absolute atomic E-state index is 0.0484. The molecule has 0 fully saturated rings. The number of benzene rings is 2. The van der Waals surface area contributed by atoms with E-state index in [1.807, 2.05) is 31.2 Å². The summed E-state index contributed by atoms with van der Waals surface area (Å²) < 4.78 is 5.40. The number of hydrogen-bond donors (Lipinski definition) is 1. The summed E-state index contributed by atoms with van der Waals surface area (Å²) in [6.07, 6.45) is 8.83. The van der Waals surface area contributed by atoms with Crippen LogP contribution in [-0.2, 0) is 4.79 Å². The number of nitrogens with zero attached hydrogens (tertiary/aromatic N) is 1. The molecular formula is C27H34N2O4. The molecule has 3 amide bonds. The lowest BCUT2D eigenvalue weighted by Gasteiger charge is -2.13. The average molecular weight is 451 g/mol. The lowest BCUT2D eigenvalue weighted by atomic mass is 10.1. The third-order valence-corrected chi connectivity index (χ3v) is 5.86. The number of anilines is 1. The number of unbranched alkanes of at least 4 members (excludes halogenated alkanes) is 7. The van der Waals surface area contributed by atoms with Gasteiger partial charge in [-0.05, 0) is 56.2 Å². The zero-order valence-electron chi connectivity index (χ0n) is 19.5. The highest BCUT2D eigenvalue weighted by Gasteiger charge is 2.34. The van der Waals surface area contributed by atoms with Gasteiger partial charge in [-0.1, -0.05) is 50.7 Å². The monoisotopic (exact) mass is 450 g/mol. The van der Waals surface area contributed by atoms with Crippen molar-refractivity contribution < 1.29 is 19.1 Å². The van der Waals surface area contributed by atoms with Crippen LogP contribution in [0.25, 0.3) is 0 Å². The van der Waals surface area contributed by atoms with Crippen LogP contribution < -0.4 is 10.1 Å². The van der Waals surface area contributed by atoms with Gasteiger partial charge in [-0.15, -0.1) is 0 Å². The van der Waals surface area contributed by atoms with Crippen molar-refractivity contribution in [2.24, 2.45) is 0 Å². The summed E-state index contributed by atoms with van der Waals surface area (Å²) in [7, 11) is 0. The number of carbonyl (C=O) groups is 3. The normalized spacial score (nSPS) is 12.7. The first-order valence-electron chi connectivity index (χ1n) is 12.1. The molecular weight excluding hydrogens is 416 g/mol. The molecule has 0 bridgehead atoms. The Morgan fingerprint density at radius 3 is 1.91 bits per heavy atom. The molecule has 176 valence electrons. The summed E-state index contributed by atoms with van der Waals surface area (Å²) in [5, 5.41) is 2.93. The first-order valence-corrected chi connectivity index (χ1v) is 12.1. The van der Waals surface area contributed by atoms with Gasteiger partial charge in [0.2, 0.25) is 5.91 Å². The van der Waals surface area contributed by atoms with Gasteiger partial charge in [-0.3, -0.25) is 19.3 Å². The zero-order chi connectivity index (χ0) is 23.5. The van der Waals surface area contributed by atoms with Gasteiger partial charge in [0.05, 0.1) is 17.7 Å². The number of hydrogen-bond acceptors (Lipinski definition) is 4. The molecule has 2 aromatic carbocycles. The number of amides is 3. The lowest BCUT2D eigenvalue weighted by Crippen LogP contribution is -2.30. The third kappa shape index (κ3) is 7.17. The van der Waals surface area contributed by atoms with E-state index in [0.717, 1.165) is 62.8 Å². The number of fused-ring (bicyclic) bond motifs is 1. The fourth-order valence-electron chi connectivity index (χ4n) is 4.08. The van der Waals surface area contributed by atoms with Crippen molar-refractivity contribution in [3.8, 4) is 5.75 Å². The van der Waals surface area contributed by atoms with Crippen LogP contribution in [0.4, 0.5) is 5.69 Å². The second kappa shape index (κ2) is 12.8. The minimum atomic E-state index is -0.165. The van der Waals surface area contributed by atoms with Crippen molar-refractivity contribution in [1.29, 1.82) is 0 Å². The zero-order valence-corrected chi connectivity index (χ0v) is 19.5. The van der Waals surface area contributed by atoms with E-state index >= 15 is 0 Å². The maximum Gasteiger partial charge on any atom is 0.261 e. The summed E-state index contributed by atoms with van der Waals surface area (Å²) in [4.78, 5) is 38.1. The molecule has 6 heteroatoms. The van der Waals surface area contributed by atoms with Crippen molar-refractivity contribution in [2.45, 2.75) is 64.7 Å². The molecule has 33 heavy (non-hydrogen) atoms. The summed E-state index contributed by atoms with van der Waals surface area (Å²) in [6, 6.07) is 14.5. The molecule has 0 saturated carbocycles. The molecule has 0 unspecified atom stereocenters. The van der Waals surface area contributed by atoms with E-state index in [9.17, 15) is 14.4 Å². The molecule has 1 aliphatic heterocycles. The highest BCUT2D eigenvalue weighted by molar-refractivity contribution is 6.21. The molecule has 6 nitrogen and oxygen atoms in total. The van der Waals surface area contributed by atoms with Gasteiger partial charge in [0, 0.05) is 18.7 Å². The van der Waals surface area contributed by atoms with Crippen LogP contribution in [0.1, 0.15) is 85.4 Å². The van der Waals surface area contributed by atoms with Crippen LogP contribution in [0.2, 0.25) is 0 Å². The maximum absolute atomic E-state index is 12.3. The summed E-state index contributed by atoms with van der Waals surface area (Å²) in [6.45, 7) is 3.06. The van der Waals surface area contributed by atoms with Gasteiger partial charge in [0.1, 0.15) is 5.75 Å². The van der Waals surface area contributed by atoms with E-state index in [4.69, 9.17) is 4.74 Å². The molecule has 0 spiro atoms. The molecule has 1 N–H and O–H groups in total. The van der Waals surface area contributed by atoms with Crippen molar-refractivity contribution in [1.82, 2.24) is 4.90 Å². The van der Waals surface area contributed by atoms with Crippen LogP contribution in [0, 0.1) is 0 Å². The molecule has 1 heterocycles. The second-order valence-corrected chi connectivity index (χ2v) is 8.39. The van der Waals surface area contributed by atoms with E-state index in [1.54, 1.807) is 24.3 Å². The molecule has 3 rings (SSSR count). The van der Waals surface area contributed by atoms with Gasteiger partial charge in [0.15, 0.2) is 0 Å². The molecule has 0 atom stereocenters. The smallest absolute Gasteiger partial charge is 0.261 e. The first-order chi connectivity index (χ1) is 16.1. The van der Waals surface area contributed by atoms with Crippen LogP contribution in [0.5, 0.6) is 5.75 Å². The van der Waals surface area contributed by atoms with Crippen LogP contribution in [0.3, 0.4) is 0 Å². The van der Waals surface area contributed by atoms with Crippen molar-refractivity contribution in [3.05, 3.63) is 59.7 Å². The van der Waals surface area contributed by atoms with E-state index in [1.165, 1.54) is 4.90 Å². The summed E-state index contributed by atoms with van der Waals surface area (Å²) in [5.74, 6) is 0.524.